The molecule has 104 valence electrons. The molecule has 0 saturated carbocycles. The second-order valence-corrected chi connectivity index (χ2v) is 4.78. The fourth-order valence-corrected chi connectivity index (χ4v) is 2.32. The Morgan fingerprint density at radius 1 is 1.33 bits per heavy atom. The molecule has 0 atom stereocenters. The summed E-state index contributed by atoms with van der Waals surface area (Å²) in [4.78, 5) is 2.38. The van der Waals surface area contributed by atoms with Gasteiger partial charge in [0.05, 0.1) is 16.4 Å². The van der Waals surface area contributed by atoms with Gasteiger partial charge in [0.15, 0.2) is 0 Å². The van der Waals surface area contributed by atoms with Crippen LogP contribution >= 0.6 is 11.6 Å². The number of nitrogens with one attached hydrogen (secondary N) is 1. The second-order valence-electron chi connectivity index (χ2n) is 4.41. The maximum atomic E-state index is 6.37. The Hall–Kier alpha value is -0.580. The van der Waals surface area contributed by atoms with Crippen LogP contribution in [0.3, 0.4) is 0 Å². The number of aryl methyl sites for hydroxylation is 2. The van der Waals surface area contributed by atoms with Crippen LogP contribution in [0.4, 0.5) is 0 Å². The van der Waals surface area contributed by atoms with Gasteiger partial charge in [-0.1, -0.05) is 32.4 Å². The molecule has 0 fully saturated rings. The van der Waals surface area contributed by atoms with E-state index in [-0.39, 0.29) is 0 Å². The molecule has 1 heterocycles. The molecule has 0 unspecified atom stereocenters. The number of halogens is 1. The molecule has 1 N–H and O–H groups in total. The van der Waals surface area contributed by atoms with Crippen LogP contribution in [-0.4, -0.2) is 40.9 Å². The summed E-state index contributed by atoms with van der Waals surface area (Å²) in [7, 11) is 1.97. The summed E-state index contributed by atoms with van der Waals surface area (Å²) in [5.74, 6) is 0. The van der Waals surface area contributed by atoms with Crippen LogP contribution in [0.5, 0.6) is 0 Å². The molecule has 1 rings (SSSR count). The van der Waals surface area contributed by atoms with E-state index in [1.54, 1.807) is 0 Å². The molecule has 5 heteroatoms. The highest BCUT2D eigenvalue weighted by molar-refractivity contribution is 6.31. The number of rotatable bonds is 8. The average molecular weight is 273 g/mol. The number of hydrogen-bond donors (Lipinski definition) is 1. The maximum absolute atomic E-state index is 6.37. The van der Waals surface area contributed by atoms with Crippen LogP contribution in [0, 0.1) is 0 Å². The third kappa shape index (κ3) is 3.97. The zero-order valence-electron chi connectivity index (χ0n) is 12.0. The monoisotopic (exact) mass is 272 g/mol. The highest BCUT2D eigenvalue weighted by Crippen LogP contribution is 2.22. The Kier molecular flexibility index (Phi) is 6.68. The van der Waals surface area contributed by atoms with Crippen LogP contribution in [0.2, 0.25) is 5.02 Å². The molecule has 1 aromatic heterocycles. The third-order valence-corrected chi connectivity index (χ3v) is 3.61. The van der Waals surface area contributed by atoms with Gasteiger partial charge in [0.2, 0.25) is 0 Å². The standard InChI is InChI=1S/C13H25ClN4/c1-5-11-13(14)12(17(4)16-11)10-18(7-3)9-8-15-6-2/h15H,5-10H2,1-4H3. The molecule has 0 bridgehead atoms. The lowest BCUT2D eigenvalue weighted by atomic mass is 10.3. The van der Waals surface area contributed by atoms with Gasteiger partial charge in [-0.15, -0.1) is 0 Å². The van der Waals surface area contributed by atoms with Gasteiger partial charge in [0.25, 0.3) is 0 Å². The Balaban J connectivity index is 2.66. The van der Waals surface area contributed by atoms with Crippen LogP contribution in [0.1, 0.15) is 32.2 Å². The lowest BCUT2D eigenvalue weighted by Crippen LogP contribution is -2.32. The molecule has 18 heavy (non-hydrogen) atoms. The van der Waals surface area contributed by atoms with Crippen molar-refractivity contribution in [2.45, 2.75) is 33.7 Å². The van der Waals surface area contributed by atoms with E-state index < -0.39 is 0 Å². The quantitative estimate of drug-likeness (QED) is 0.736. The van der Waals surface area contributed by atoms with Crippen molar-refractivity contribution in [2.75, 3.05) is 26.2 Å². The first-order valence-electron chi connectivity index (χ1n) is 6.77. The summed E-state index contributed by atoms with van der Waals surface area (Å²) < 4.78 is 1.91. The average Bonchev–Trinajstić information content (AvgIpc) is 2.64. The Morgan fingerprint density at radius 2 is 2.06 bits per heavy atom. The molecule has 0 aliphatic heterocycles. The minimum atomic E-state index is 0.835. The van der Waals surface area contributed by atoms with Gasteiger partial charge in [0, 0.05) is 26.7 Å². The maximum Gasteiger partial charge on any atom is 0.0863 e. The van der Waals surface area contributed by atoms with E-state index in [2.05, 4.69) is 36.1 Å². The molecule has 0 aromatic carbocycles. The molecule has 0 aliphatic carbocycles. The molecule has 0 spiro atoms. The minimum absolute atomic E-state index is 0.835. The highest BCUT2D eigenvalue weighted by Gasteiger charge is 2.15. The van der Waals surface area contributed by atoms with Gasteiger partial charge in [-0.2, -0.15) is 5.10 Å². The fourth-order valence-electron chi connectivity index (χ4n) is 1.97. The van der Waals surface area contributed by atoms with Crippen molar-refractivity contribution in [3.05, 3.63) is 16.4 Å². The molecule has 0 aliphatic rings. The van der Waals surface area contributed by atoms with Crippen LogP contribution in [0.25, 0.3) is 0 Å². The predicted molar refractivity (Wildman–Crippen MR) is 77.1 cm³/mol. The summed E-state index contributed by atoms with van der Waals surface area (Å²) in [6, 6.07) is 0. The number of likely N-dealkylation sites (N-methyl/N-ethyl adjacent to an activating group) is 2. The summed E-state index contributed by atoms with van der Waals surface area (Å²) in [5.41, 5.74) is 2.11. The van der Waals surface area contributed by atoms with Crippen molar-refractivity contribution in [2.24, 2.45) is 7.05 Å². The molecule has 0 radical (unpaired) electrons. The Morgan fingerprint density at radius 3 is 2.56 bits per heavy atom. The molecule has 4 nitrogen and oxygen atoms in total. The van der Waals surface area contributed by atoms with Crippen molar-refractivity contribution < 1.29 is 0 Å². The Bertz CT molecular complexity index is 362. The van der Waals surface area contributed by atoms with E-state index in [4.69, 9.17) is 11.6 Å². The first-order chi connectivity index (χ1) is 8.63. The second kappa shape index (κ2) is 7.77. The first kappa shape index (κ1) is 15.5. The molecule has 0 saturated heterocycles. The summed E-state index contributed by atoms with van der Waals surface area (Å²) in [6.45, 7) is 11.3. The SMILES string of the molecule is CCNCCN(CC)Cc1c(Cl)c(CC)nn1C. The minimum Gasteiger partial charge on any atom is -0.316 e. The summed E-state index contributed by atoms with van der Waals surface area (Å²) in [6.07, 6.45) is 0.885. The van der Waals surface area contributed by atoms with E-state index in [9.17, 15) is 0 Å². The van der Waals surface area contributed by atoms with Crippen molar-refractivity contribution in [3.8, 4) is 0 Å². The van der Waals surface area contributed by atoms with E-state index in [1.807, 2.05) is 11.7 Å². The van der Waals surface area contributed by atoms with Crippen LogP contribution in [0.15, 0.2) is 0 Å². The normalized spacial score (nSPS) is 11.4. The summed E-state index contributed by atoms with van der Waals surface area (Å²) in [5, 5.41) is 8.64. The van der Waals surface area contributed by atoms with Crippen molar-refractivity contribution in [3.63, 3.8) is 0 Å². The van der Waals surface area contributed by atoms with E-state index >= 15 is 0 Å². The smallest absolute Gasteiger partial charge is 0.0863 e. The number of hydrogen-bond acceptors (Lipinski definition) is 3. The number of aromatic nitrogens is 2. The Labute approximate surface area is 115 Å². The van der Waals surface area contributed by atoms with Gasteiger partial charge in [0.1, 0.15) is 0 Å². The van der Waals surface area contributed by atoms with Gasteiger partial charge >= 0.3 is 0 Å². The predicted octanol–water partition coefficient (Wildman–Crippen LogP) is 2.07. The largest absolute Gasteiger partial charge is 0.316 e. The molecular weight excluding hydrogens is 248 g/mol. The summed E-state index contributed by atoms with van der Waals surface area (Å²) >= 11 is 6.37. The zero-order valence-corrected chi connectivity index (χ0v) is 12.7. The first-order valence-corrected chi connectivity index (χ1v) is 7.15. The lowest BCUT2D eigenvalue weighted by molar-refractivity contribution is 0.272. The van der Waals surface area contributed by atoms with Crippen molar-refractivity contribution in [1.29, 1.82) is 0 Å². The van der Waals surface area contributed by atoms with Crippen molar-refractivity contribution in [1.82, 2.24) is 20.0 Å². The molecule has 0 amide bonds. The van der Waals surface area contributed by atoms with E-state index in [0.29, 0.717) is 0 Å². The highest BCUT2D eigenvalue weighted by atomic mass is 35.5. The van der Waals surface area contributed by atoms with E-state index in [0.717, 1.165) is 55.6 Å². The third-order valence-electron chi connectivity index (χ3n) is 3.18. The van der Waals surface area contributed by atoms with Crippen LogP contribution < -0.4 is 5.32 Å². The lowest BCUT2D eigenvalue weighted by Gasteiger charge is -2.20. The zero-order chi connectivity index (χ0) is 13.5. The van der Waals surface area contributed by atoms with E-state index in [1.165, 1.54) is 0 Å². The van der Waals surface area contributed by atoms with Gasteiger partial charge in [-0.05, 0) is 19.5 Å². The topological polar surface area (TPSA) is 33.1 Å². The van der Waals surface area contributed by atoms with Gasteiger partial charge in [-0.25, -0.2) is 0 Å². The molecule has 1 aromatic rings. The van der Waals surface area contributed by atoms with Crippen LogP contribution in [-0.2, 0) is 20.0 Å². The van der Waals surface area contributed by atoms with Crippen molar-refractivity contribution >= 4 is 11.6 Å². The molecular formula is C13H25ClN4. The fraction of sp³-hybridized carbons (Fsp3) is 0.769. The number of nitrogens with zero attached hydrogens (tertiary/aromatic N) is 3. The van der Waals surface area contributed by atoms with Gasteiger partial charge < -0.3 is 5.32 Å². The van der Waals surface area contributed by atoms with Gasteiger partial charge in [-0.3, -0.25) is 9.58 Å².